The Labute approximate surface area is 106 Å². The van der Waals surface area contributed by atoms with Gasteiger partial charge in [-0.15, -0.1) is 0 Å². The summed E-state index contributed by atoms with van der Waals surface area (Å²) >= 11 is 0. The van der Waals surface area contributed by atoms with Gasteiger partial charge < -0.3 is 9.47 Å². The Hall–Kier alpha value is -2.22. The van der Waals surface area contributed by atoms with Crippen LogP contribution in [0, 0.1) is 0 Å². The van der Waals surface area contributed by atoms with Crippen molar-refractivity contribution in [1.29, 1.82) is 0 Å². The number of allylic oxidation sites excluding steroid dienone is 1. The fourth-order valence-corrected chi connectivity index (χ4v) is 1.96. The van der Waals surface area contributed by atoms with E-state index in [4.69, 9.17) is 9.47 Å². The minimum Gasteiger partial charge on any atom is -0.454 e. The summed E-state index contributed by atoms with van der Waals surface area (Å²) < 4.78 is 10.6. The number of ether oxygens (including phenoxy) is 2. The first kappa shape index (κ1) is 10.9. The Bertz CT molecular complexity index is 559. The van der Waals surface area contributed by atoms with Crippen LogP contribution in [0.3, 0.4) is 0 Å². The van der Waals surface area contributed by atoms with Crippen LogP contribution >= 0.6 is 0 Å². The number of rotatable bonds is 3. The van der Waals surface area contributed by atoms with Gasteiger partial charge in [-0.2, -0.15) is 0 Å². The molecule has 0 N–H and O–H groups in total. The van der Waals surface area contributed by atoms with Crippen LogP contribution in [0.25, 0.3) is 6.08 Å². The quantitative estimate of drug-likeness (QED) is 0.812. The fourth-order valence-electron chi connectivity index (χ4n) is 1.96. The normalized spacial score (nSPS) is 13.1. The first-order valence-corrected chi connectivity index (χ1v) is 6.02. The van der Waals surface area contributed by atoms with Crippen molar-refractivity contribution in [2.24, 2.45) is 0 Å². The molecule has 1 aliphatic rings. The van der Waals surface area contributed by atoms with Gasteiger partial charge in [-0.25, -0.2) is 0 Å². The maximum absolute atomic E-state index is 5.35. The minimum absolute atomic E-state index is 0.326. The number of benzene rings is 2. The van der Waals surface area contributed by atoms with E-state index in [2.05, 4.69) is 36.4 Å². The highest BCUT2D eigenvalue weighted by Crippen LogP contribution is 2.32. The molecule has 3 rings (SSSR count). The molecule has 0 radical (unpaired) electrons. The molecule has 0 amide bonds. The Morgan fingerprint density at radius 2 is 1.78 bits per heavy atom. The van der Waals surface area contributed by atoms with Crippen LogP contribution in [-0.4, -0.2) is 6.79 Å². The second-order valence-electron chi connectivity index (χ2n) is 4.20. The average molecular weight is 238 g/mol. The highest BCUT2D eigenvalue weighted by molar-refractivity contribution is 5.56. The summed E-state index contributed by atoms with van der Waals surface area (Å²) in [7, 11) is 0. The molecule has 0 saturated heterocycles. The molecule has 2 nitrogen and oxygen atoms in total. The van der Waals surface area contributed by atoms with E-state index in [1.54, 1.807) is 0 Å². The smallest absolute Gasteiger partial charge is 0.231 e. The molecule has 90 valence electrons. The predicted octanol–water partition coefficient (Wildman–Crippen LogP) is 3.67. The minimum atomic E-state index is 0.326. The molecule has 1 heterocycles. The van der Waals surface area contributed by atoms with Gasteiger partial charge in [0.1, 0.15) is 0 Å². The van der Waals surface area contributed by atoms with Crippen molar-refractivity contribution in [3.8, 4) is 11.5 Å². The summed E-state index contributed by atoms with van der Waals surface area (Å²) in [5.74, 6) is 1.66. The zero-order valence-electron chi connectivity index (χ0n) is 10.0. The van der Waals surface area contributed by atoms with Crippen LogP contribution in [0.2, 0.25) is 0 Å². The largest absolute Gasteiger partial charge is 0.454 e. The molecule has 0 unspecified atom stereocenters. The lowest BCUT2D eigenvalue weighted by molar-refractivity contribution is 0.174. The van der Waals surface area contributed by atoms with E-state index in [0.29, 0.717) is 6.79 Å². The van der Waals surface area contributed by atoms with Crippen molar-refractivity contribution in [3.05, 3.63) is 65.7 Å². The van der Waals surface area contributed by atoms with Gasteiger partial charge in [0.05, 0.1) is 0 Å². The molecule has 0 bridgehead atoms. The molecule has 18 heavy (non-hydrogen) atoms. The molecule has 1 aliphatic heterocycles. The molecular weight excluding hydrogens is 224 g/mol. The molecule has 0 aromatic heterocycles. The lowest BCUT2D eigenvalue weighted by Crippen LogP contribution is -1.92. The third-order valence-corrected chi connectivity index (χ3v) is 2.90. The van der Waals surface area contributed by atoms with Gasteiger partial charge in [-0.3, -0.25) is 0 Å². The standard InChI is InChI=1S/C16H14O2/c1-2-5-13(6-3-1)7-4-8-14-9-10-15-16(11-14)18-12-17-15/h1-6,8-11H,7,12H2/b8-4+. The summed E-state index contributed by atoms with van der Waals surface area (Å²) in [6.45, 7) is 0.326. The fraction of sp³-hybridized carbons (Fsp3) is 0.125. The van der Waals surface area contributed by atoms with Crippen molar-refractivity contribution in [3.63, 3.8) is 0 Å². The van der Waals surface area contributed by atoms with Crippen molar-refractivity contribution < 1.29 is 9.47 Å². The van der Waals surface area contributed by atoms with Crippen molar-refractivity contribution in [2.45, 2.75) is 6.42 Å². The Morgan fingerprint density at radius 3 is 2.67 bits per heavy atom. The summed E-state index contributed by atoms with van der Waals surface area (Å²) in [6.07, 6.45) is 5.21. The van der Waals surface area contributed by atoms with E-state index in [1.807, 2.05) is 24.3 Å². The van der Waals surface area contributed by atoms with E-state index in [-0.39, 0.29) is 0 Å². The lowest BCUT2D eigenvalue weighted by Gasteiger charge is -1.98. The number of fused-ring (bicyclic) bond motifs is 1. The highest BCUT2D eigenvalue weighted by atomic mass is 16.7. The van der Waals surface area contributed by atoms with Crippen LogP contribution in [0.1, 0.15) is 11.1 Å². The topological polar surface area (TPSA) is 18.5 Å². The SMILES string of the molecule is C(=C\c1ccc2c(c1)OCO2)/Cc1ccccc1. The molecule has 2 aromatic rings. The van der Waals surface area contributed by atoms with Gasteiger partial charge in [0.2, 0.25) is 6.79 Å². The van der Waals surface area contributed by atoms with E-state index >= 15 is 0 Å². The molecule has 0 saturated carbocycles. The second kappa shape index (κ2) is 4.96. The molecule has 0 atom stereocenters. The van der Waals surface area contributed by atoms with E-state index in [9.17, 15) is 0 Å². The highest BCUT2D eigenvalue weighted by Gasteiger charge is 2.11. The summed E-state index contributed by atoms with van der Waals surface area (Å²) in [5.41, 5.74) is 2.45. The summed E-state index contributed by atoms with van der Waals surface area (Å²) in [5, 5.41) is 0. The maximum atomic E-state index is 5.35. The zero-order valence-corrected chi connectivity index (χ0v) is 10.0. The molecule has 2 heteroatoms. The number of hydrogen-bond acceptors (Lipinski definition) is 2. The third kappa shape index (κ3) is 2.38. The first-order chi connectivity index (χ1) is 8.92. The second-order valence-corrected chi connectivity index (χ2v) is 4.20. The van der Waals surface area contributed by atoms with E-state index < -0.39 is 0 Å². The van der Waals surface area contributed by atoms with Gasteiger partial charge in [0, 0.05) is 0 Å². The monoisotopic (exact) mass is 238 g/mol. The van der Waals surface area contributed by atoms with Crippen LogP contribution in [0.4, 0.5) is 0 Å². The molecular formula is C16H14O2. The van der Waals surface area contributed by atoms with E-state index in [0.717, 1.165) is 23.5 Å². The Morgan fingerprint density at radius 1 is 0.944 bits per heavy atom. The molecule has 0 aliphatic carbocycles. The van der Waals surface area contributed by atoms with Crippen LogP contribution < -0.4 is 9.47 Å². The van der Waals surface area contributed by atoms with Crippen LogP contribution in [0.15, 0.2) is 54.6 Å². The molecule has 0 fully saturated rings. The van der Waals surface area contributed by atoms with Gasteiger partial charge >= 0.3 is 0 Å². The van der Waals surface area contributed by atoms with Crippen molar-refractivity contribution in [2.75, 3.05) is 6.79 Å². The van der Waals surface area contributed by atoms with Gasteiger partial charge in [0.15, 0.2) is 11.5 Å². The first-order valence-electron chi connectivity index (χ1n) is 6.02. The van der Waals surface area contributed by atoms with E-state index in [1.165, 1.54) is 5.56 Å². The van der Waals surface area contributed by atoms with Crippen LogP contribution in [-0.2, 0) is 6.42 Å². The van der Waals surface area contributed by atoms with Gasteiger partial charge in [-0.05, 0) is 29.7 Å². The Kier molecular flexibility index (Phi) is 3.01. The summed E-state index contributed by atoms with van der Waals surface area (Å²) in [6, 6.07) is 16.4. The zero-order chi connectivity index (χ0) is 12.2. The van der Waals surface area contributed by atoms with Gasteiger partial charge in [-0.1, -0.05) is 48.6 Å². The predicted molar refractivity (Wildman–Crippen MR) is 71.7 cm³/mol. The average Bonchev–Trinajstić information content (AvgIpc) is 2.87. The van der Waals surface area contributed by atoms with Gasteiger partial charge in [0.25, 0.3) is 0 Å². The Balaban J connectivity index is 1.69. The van der Waals surface area contributed by atoms with Crippen molar-refractivity contribution >= 4 is 6.08 Å². The lowest BCUT2D eigenvalue weighted by atomic mass is 10.1. The third-order valence-electron chi connectivity index (χ3n) is 2.90. The summed E-state index contributed by atoms with van der Waals surface area (Å²) in [4.78, 5) is 0. The maximum Gasteiger partial charge on any atom is 0.231 e. The molecule has 2 aromatic carbocycles. The molecule has 0 spiro atoms. The van der Waals surface area contributed by atoms with Crippen LogP contribution in [0.5, 0.6) is 11.5 Å². The number of hydrogen-bond donors (Lipinski definition) is 0. The van der Waals surface area contributed by atoms with Crippen molar-refractivity contribution in [1.82, 2.24) is 0 Å².